The molecule has 0 bridgehead atoms. The van der Waals surface area contributed by atoms with Crippen molar-refractivity contribution < 1.29 is 15.3 Å². The molecule has 0 radical (unpaired) electrons. The van der Waals surface area contributed by atoms with E-state index in [4.69, 9.17) is 0 Å². The first kappa shape index (κ1) is 15.9. The molecule has 0 heterocycles. The summed E-state index contributed by atoms with van der Waals surface area (Å²) in [7, 11) is 0. The molecule has 3 rings (SSSR count). The average molecular weight is 320 g/mol. The molecule has 24 heavy (non-hydrogen) atoms. The average Bonchev–Trinajstić information content (AvgIpc) is 2.60. The van der Waals surface area contributed by atoms with Crippen LogP contribution in [0.4, 0.5) is 0 Å². The Labute approximate surface area is 141 Å². The first-order valence-electron chi connectivity index (χ1n) is 7.95. The summed E-state index contributed by atoms with van der Waals surface area (Å²) in [5.41, 5.74) is 2.69. The van der Waals surface area contributed by atoms with Crippen molar-refractivity contribution >= 4 is 0 Å². The molecule has 3 aromatic carbocycles. The van der Waals surface area contributed by atoms with Crippen LogP contribution in [0.3, 0.4) is 0 Å². The molecule has 0 amide bonds. The van der Waals surface area contributed by atoms with E-state index < -0.39 is 5.41 Å². The summed E-state index contributed by atoms with van der Waals surface area (Å²) in [5.74, 6) is 0.667. The Morgan fingerprint density at radius 2 is 0.792 bits per heavy atom. The second kappa shape index (κ2) is 6.28. The van der Waals surface area contributed by atoms with Crippen LogP contribution in [0.2, 0.25) is 0 Å². The molecule has 3 N–H and O–H groups in total. The molecule has 3 aromatic rings. The number of aromatic hydroxyl groups is 3. The number of rotatable bonds is 4. The van der Waals surface area contributed by atoms with Gasteiger partial charge in [0.25, 0.3) is 0 Å². The fraction of sp³-hybridized carbons (Fsp3) is 0.143. The van der Waals surface area contributed by atoms with Gasteiger partial charge >= 0.3 is 0 Å². The van der Waals surface area contributed by atoms with Gasteiger partial charge in [0.05, 0.1) is 0 Å². The molecule has 0 aliphatic rings. The third-order valence-corrected chi connectivity index (χ3v) is 4.61. The number of phenols is 3. The Balaban J connectivity index is 2.27. The molecule has 0 spiro atoms. The predicted octanol–water partition coefficient (Wildman–Crippen LogP) is 4.55. The zero-order chi connectivity index (χ0) is 17.2. The molecular formula is C21H20O3. The molecule has 0 aliphatic carbocycles. The summed E-state index contributed by atoms with van der Waals surface area (Å²) >= 11 is 0. The second-order valence-corrected chi connectivity index (χ2v) is 5.90. The van der Waals surface area contributed by atoms with Crippen molar-refractivity contribution in [2.24, 2.45) is 0 Å². The lowest BCUT2D eigenvalue weighted by Crippen LogP contribution is -2.28. The van der Waals surface area contributed by atoms with Crippen molar-refractivity contribution in [3.05, 3.63) is 89.5 Å². The van der Waals surface area contributed by atoms with E-state index in [0.29, 0.717) is 0 Å². The molecule has 0 saturated heterocycles. The first-order valence-corrected chi connectivity index (χ1v) is 7.95. The Kier molecular flexibility index (Phi) is 4.17. The smallest absolute Gasteiger partial charge is 0.115 e. The van der Waals surface area contributed by atoms with Crippen LogP contribution in [-0.2, 0) is 5.41 Å². The Hall–Kier alpha value is -2.94. The van der Waals surface area contributed by atoms with Crippen molar-refractivity contribution in [1.29, 1.82) is 0 Å². The summed E-state index contributed by atoms with van der Waals surface area (Å²) in [5, 5.41) is 28.9. The third-order valence-electron chi connectivity index (χ3n) is 4.61. The first-order chi connectivity index (χ1) is 11.6. The molecule has 0 saturated carbocycles. The van der Waals surface area contributed by atoms with E-state index in [0.717, 1.165) is 23.1 Å². The molecule has 0 aliphatic heterocycles. The molecule has 3 heteroatoms. The quantitative estimate of drug-likeness (QED) is 0.618. The van der Waals surface area contributed by atoms with Gasteiger partial charge in [-0.25, -0.2) is 0 Å². The van der Waals surface area contributed by atoms with E-state index in [1.165, 1.54) is 0 Å². The van der Waals surface area contributed by atoms with Crippen LogP contribution in [0.25, 0.3) is 0 Å². The Morgan fingerprint density at radius 3 is 1.00 bits per heavy atom. The van der Waals surface area contributed by atoms with E-state index in [9.17, 15) is 15.3 Å². The van der Waals surface area contributed by atoms with Crippen LogP contribution in [0, 0.1) is 0 Å². The maximum absolute atomic E-state index is 9.64. The van der Waals surface area contributed by atoms with Crippen LogP contribution >= 0.6 is 0 Å². The van der Waals surface area contributed by atoms with Crippen molar-refractivity contribution in [3.8, 4) is 17.2 Å². The lowest BCUT2D eigenvalue weighted by atomic mass is 9.68. The lowest BCUT2D eigenvalue weighted by Gasteiger charge is -2.35. The monoisotopic (exact) mass is 320 g/mol. The topological polar surface area (TPSA) is 60.7 Å². The van der Waals surface area contributed by atoms with Crippen molar-refractivity contribution in [2.45, 2.75) is 18.8 Å². The fourth-order valence-corrected chi connectivity index (χ4v) is 3.35. The molecule has 0 atom stereocenters. The fourth-order valence-electron chi connectivity index (χ4n) is 3.35. The van der Waals surface area contributed by atoms with Gasteiger partial charge < -0.3 is 15.3 Å². The molecule has 0 unspecified atom stereocenters. The second-order valence-electron chi connectivity index (χ2n) is 5.90. The van der Waals surface area contributed by atoms with Crippen molar-refractivity contribution in [2.75, 3.05) is 0 Å². The Morgan fingerprint density at radius 1 is 0.542 bits per heavy atom. The van der Waals surface area contributed by atoms with Gasteiger partial charge in [0.15, 0.2) is 0 Å². The maximum atomic E-state index is 9.64. The largest absolute Gasteiger partial charge is 0.508 e. The summed E-state index contributed by atoms with van der Waals surface area (Å²) in [6, 6.07) is 21.6. The van der Waals surface area contributed by atoms with Gasteiger partial charge in [-0.1, -0.05) is 43.3 Å². The zero-order valence-corrected chi connectivity index (χ0v) is 13.5. The number of benzene rings is 3. The zero-order valence-electron chi connectivity index (χ0n) is 13.5. The number of hydrogen-bond acceptors (Lipinski definition) is 3. The molecule has 122 valence electrons. The van der Waals surface area contributed by atoms with E-state index >= 15 is 0 Å². The number of phenolic OH excluding ortho intramolecular Hbond substituents is 3. The van der Waals surface area contributed by atoms with Crippen LogP contribution in [-0.4, -0.2) is 15.3 Å². The summed E-state index contributed by atoms with van der Waals surface area (Å²) in [6.07, 6.45) is 0.785. The van der Waals surface area contributed by atoms with Crippen LogP contribution < -0.4 is 0 Å². The highest BCUT2D eigenvalue weighted by Gasteiger charge is 2.34. The minimum atomic E-state index is -0.435. The normalized spacial score (nSPS) is 11.4. The van der Waals surface area contributed by atoms with Gasteiger partial charge in [-0.2, -0.15) is 0 Å². The summed E-state index contributed by atoms with van der Waals surface area (Å²) in [6.45, 7) is 2.10. The van der Waals surface area contributed by atoms with Gasteiger partial charge in [-0.15, -0.1) is 0 Å². The van der Waals surface area contributed by atoms with Crippen molar-refractivity contribution in [3.63, 3.8) is 0 Å². The predicted molar refractivity (Wildman–Crippen MR) is 94.5 cm³/mol. The van der Waals surface area contributed by atoms with E-state index in [1.807, 2.05) is 36.4 Å². The van der Waals surface area contributed by atoms with Gasteiger partial charge in [-0.3, -0.25) is 0 Å². The highest BCUT2D eigenvalue weighted by Crippen LogP contribution is 2.43. The third kappa shape index (κ3) is 2.69. The van der Waals surface area contributed by atoms with E-state index in [-0.39, 0.29) is 17.2 Å². The summed E-state index contributed by atoms with van der Waals surface area (Å²) in [4.78, 5) is 0. The highest BCUT2D eigenvalue weighted by atomic mass is 16.3. The molecule has 0 fully saturated rings. The lowest BCUT2D eigenvalue weighted by molar-refractivity contribution is 0.473. The van der Waals surface area contributed by atoms with Crippen LogP contribution in [0.15, 0.2) is 72.8 Å². The van der Waals surface area contributed by atoms with E-state index in [1.54, 1.807) is 36.4 Å². The van der Waals surface area contributed by atoms with Crippen LogP contribution in [0.5, 0.6) is 17.2 Å². The highest BCUT2D eigenvalue weighted by molar-refractivity contribution is 5.52. The van der Waals surface area contributed by atoms with E-state index in [2.05, 4.69) is 6.92 Å². The SMILES string of the molecule is CCC(c1ccc(O)cc1)(c1ccc(O)cc1)c1ccc(O)cc1. The van der Waals surface area contributed by atoms with Crippen molar-refractivity contribution in [1.82, 2.24) is 0 Å². The molecule has 3 nitrogen and oxygen atoms in total. The summed E-state index contributed by atoms with van der Waals surface area (Å²) < 4.78 is 0. The molecule has 0 aromatic heterocycles. The molecular weight excluding hydrogens is 300 g/mol. The van der Waals surface area contributed by atoms with Gasteiger partial charge in [0, 0.05) is 5.41 Å². The van der Waals surface area contributed by atoms with Gasteiger partial charge in [0.1, 0.15) is 17.2 Å². The minimum absolute atomic E-state index is 0.222. The minimum Gasteiger partial charge on any atom is -0.508 e. The Bertz CT molecular complexity index is 692. The van der Waals surface area contributed by atoms with Crippen LogP contribution in [0.1, 0.15) is 30.0 Å². The standard InChI is InChI=1S/C21H20O3/c1-2-21(15-3-9-18(22)10-4-15,16-5-11-19(23)12-6-16)17-7-13-20(24)14-8-17/h3-14,22-24H,2H2,1H3. The van der Waals surface area contributed by atoms with Gasteiger partial charge in [-0.05, 0) is 59.5 Å². The number of hydrogen-bond donors (Lipinski definition) is 3. The van der Waals surface area contributed by atoms with Gasteiger partial charge in [0.2, 0.25) is 0 Å². The maximum Gasteiger partial charge on any atom is 0.115 e.